The Morgan fingerprint density at radius 2 is 2.04 bits per heavy atom. The van der Waals surface area contributed by atoms with Gasteiger partial charge in [-0.2, -0.15) is 9.61 Å². The summed E-state index contributed by atoms with van der Waals surface area (Å²) in [6.45, 7) is 8.08. The lowest BCUT2D eigenvalue weighted by Crippen LogP contribution is -2.37. The number of hydrogen-bond donors (Lipinski definition) is 1. The summed E-state index contributed by atoms with van der Waals surface area (Å²) in [5.41, 5.74) is 0.0218. The van der Waals surface area contributed by atoms with E-state index in [1.54, 1.807) is 6.92 Å². The third-order valence-electron chi connectivity index (χ3n) is 3.96. The highest BCUT2D eigenvalue weighted by Crippen LogP contribution is 2.29. The van der Waals surface area contributed by atoms with E-state index in [2.05, 4.69) is 31.5 Å². The van der Waals surface area contributed by atoms with Gasteiger partial charge in [0, 0.05) is 12.6 Å². The number of rotatable bonds is 4. The molecule has 2 aromatic rings. The topological polar surface area (TPSA) is 97.8 Å². The van der Waals surface area contributed by atoms with E-state index in [4.69, 9.17) is 0 Å². The number of amides is 1. The van der Waals surface area contributed by atoms with Crippen LogP contribution < -0.4 is 10.9 Å². The first-order chi connectivity index (χ1) is 11.6. The molecule has 2 heterocycles. The van der Waals surface area contributed by atoms with E-state index in [0.29, 0.717) is 22.4 Å². The number of aryl methyl sites for hydroxylation is 1. The molecule has 1 amide bonds. The number of carbonyl (C=O) groups is 1. The van der Waals surface area contributed by atoms with Crippen LogP contribution in [0, 0.1) is 17.2 Å². The second kappa shape index (κ2) is 6.05. The molecule has 1 saturated carbocycles. The van der Waals surface area contributed by atoms with Crippen molar-refractivity contribution in [2.45, 2.75) is 53.1 Å². The highest BCUT2D eigenvalue weighted by Gasteiger charge is 2.31. The highest BCUT2D eigenvalue weighted by atomic mass is 79.9. The van der Waals surface area contributed by atoms with Crippen LogP contribution in [-0.2, 0) is 6.54 Å². The molecule has 1 aliphatic rings. The Morgan fingerprint density at radius 1 is 1.40 bits per heavy atom. The lowest BCUT2D eigenvalue weighted by molar-refractivity contribution is 0.0948. The van der Waals surface area contributed by atoms with Crippen LogP contribution in [0.2, 0.25) is 0 Å². The van der Waals surface area contributed by atoms with E-state index >= 15 is 0 Å². The molecule has 1 N–H and O–H groups in total. The van der Waals surface area contributed by atoms with E-state index in [9.17, 15) is 14.5 Å². The zero-order valence-corrected chi connectivity index (χ0v) is 16.2. The normalized spacial score (nSPS) is 14.8. The smallest absolute Gasteiger partial charge is 0.269 e. The van der Waals surface area contributed by atoms with Gasteiger partial charge in [0.1, 0.15) is 0 Å². The molecule has 8 nitrogen and oxygen atoms in total. The molecule has 0 radical (unpaired) electrons. The molecular weight excluding hydrogens is 390 g/mol. The summed E-state index contributed by atoms with van der Waals surface area (Å²) in [5, 5.41) is 10.0. The van der Waals surface area contributed by atoms with Crippen LogP contribution in [0.25, 0.3) is 5.65 Å². The number of hydrogen-bond acceptors (Lipinski definition) is 5. The fourth-order valence-corrected chi connectivity index (χ4v) is 3.16. The maximum Gasteiger partial charge on any atom is 0.269 e. The van der Waals surface area contributed by atoms with Crippen LogP contribution in [0.3, 0.4) is 0 Å². The maximum atomic E-state index is 13.1. The summed E-state index contributed by atoms with van der Waals surface area (Å²) in [6, 6.07) is 0.0595. The van der Waals surface area contributed by atoms with Gasteiger partial charge in [0.2, 0.25) is 5.82 Å². The zero-order valence-electron chi connectivity index (χ0n) is 14.6. The Balaban J connectivity index is 2.34. The van der Waals surface area contributed by atoms with Gasteiger partial charge in [0.15, 0.2) is 11.2 Å². The predicted molar refractivity (Wildman–Crippen MR) is 97.3 cm³/mol. The van der Waals surface area contributed by atoms with E-state index < -0.39 is 11.5 Å². The standard InChI is InChI=1S/C16H20BrN5O3/c1-8-11(17)14-21(7-16(2,3)4)15(24)10(12(20-25)22(14)19-8)13(23)18-9-5-6-9/h9H,5-7H2,1-4H3,(H,18,23). The minimum absolute atomic E-state index is 0.0595. The van der Waals surface area contributed by atoms with Crippen LogP contribution in [-0.4, -0.2) is 26.1 Å². The molecule has 0 unspecified atom stereocenters. The molecule has 0 spiro atoms. The van der Waals surface area contributed by atoms with Crippen molar-refractivity contribution in [3.63, 3.8) is 0 Å². The van der Waals surface area contributed by atoms with Gasteiger partial charge >= 0.3 is 0 Å². The number of nitrogens with zero attached hydrogens (tertiary/aromatic N) is 4. The lowest BCUT2D eigenvalue weighted by atomic mass is 9.97. The molecule has 0 saturated heterocycles. The summed E-state index contributed by atoms with van der Waals surface area (Å²) in [5.74, 6) is -0.840. The average molecular weight is 410 g/mol. The van der Waals surface area contributed by atoms with E-state index in [-0.39, 0.29) is 22.8 Å². The van der Waals surface area contributed by atoms with Gasteiger partial charge in [0.25, 0.3) is 11.5 Å². The molecule has 2 aromatic heterocycles. The molecule has 0 aliphatic heterocycles. The lowest BCUT2D eigenvalue weighted by Gasteiger charge is -2.21. The highest BCUT2D eigenvalue weighted by molar-refractivity contribution is 9.10. The molecule has 134 valence electrons. The Hall–Kier alpha value is -2.03. The van der Waals surface area contributed by atoms with Crippen molar-refractivity contribution in [2.75, 3.05) is 0 Å². The van der Waals surface area contributed by atoms with Crippen molar-refractivity contribution >= 4 is 33.3 Å². The molecule has 25 heavy (non-hydrogen) atoms. The monoisotopic (exact) mass is 409 g/mol. The summed E-state index contributed by atoms with van der Waals surface area (Å²) in [6.07, 6.45) is 1.75. The van der Waals surface area contributed by atoms with Crippen LogP contribution in [0.4, 0.5) is 5.82 Å². The predicted octanol–water partition coefficient (Wildman–Crippen LogP) is 2.90. The fourth-order valence-electron chi connectivity index (χ4n) is 2.70. The maximum absolute atomic E-state index is 13.1. The first-order valence-electron chi connectivity index (χ1n) is 8.10. The minimum atomic E-state index is -0.573. The number of fused-ring (bicyclic) bond motifs is 1. The molecular formula is C16H20BrN5O3. The summed E-state index contributed by atoms with van der Waals surface area (Å²) in [4.78, 5) is 37.1. The van der Waals surface area contributed by atoms with Crippen molar-refractivity contribution in [1.29, 1.82) is 0 Å². The average Bonchev–Trinajstić information content (AvgIpc) is 3.26. The van der Waals surface area contributed by atoms with Crippen molar-refractivity contribution < 1.29 is 4.79 Å². The molecule has 1 aliphatic carbocycles. The van der Waals surface area contributed by atoms with Crippen molar-refractivity contribution in [2.24, 2.45) is 10.6 Å². The van der Waals surface area contributed by atoms with Crippen molar-refractivity contribution in [3.8, 4) is 0 Å². The van der Waals surface area contributed by atoms with Crippen molar-refractivity contribution in [3.05, 3.63) is 31.0 Å². The second-order valence-corrected chi connectivity index (χ2v) is 8.42. The van der Waals surface area contributed by atoms with Crippen molar-refractivity contribution in [1.82, 2.24) is 19.5 Å². The van der Waals surface area contributed by atoms with E-state index in [1.807, 2.05) is 20.8 Å². The molecule has 0 bridgehead atoms. The van der Waals surface area contributed by atoms with Gasteiger partial charge in [0.05, 0.1) is 10.2 Å². The molecule has 0 atom stereocenters. The third-order valence-corrected chi connectivity index (χ3v) is 4.89. The molecule has 9 heteroatoms. The van der Waals surface area contributed by atoms with Gasteiger partial charge in [-0.05, 0) is 46.3 Å². The summed E-state index contributed by atoms with van der Waals surface area (Å²) in [7, 11) is 0. The quantitative estimate of drug-likeness (QED) is 0.784. The first kappa shape index (κ1) is 17.8. The van der Waals surface area contributed by atoms with Gasteiger partial charge in [-0.3, -0.25) is 14.2 Å². The van der Waals surface area contributed by atoms with Crippen LogP contribution in [0.5, 0.6) is 0 Å². The Labute approximate surface area is 152 Å². The fraction of sp³-hybridized carbons (Fsp3) is 0.562. The number of carbonyl (C=O) groups excluding carboxylic acids is 1. The zero-order chi connectivity index (χ0) is 18.5. The van der Waals surface area contributed by atoms with E-state index in [1.165, 1.54) is 9.08 Å². The Morgan fingerprint density at radius 3 is 2.56 bits per heavy atom. The van der Waals surface area contributed by atoms with Gasteiger partial charge in [-0.25, -0.2) is 0 Å². The SMILES string of the molecule is Cc1nn2c(N=O)c(C(=O)NC3CC3)c(=O)n(CC(C)(C)C)c2c1Br. The number of halogens is 1. The molecule has 1 fully saturated rings. The largest absolute Gasteiger partial charge is 0.349 e. The summed E-state index contributed by atoms with van der Waals surface area (Å²) >= 11 is 3.43. The van der Waals surface area contributed by atoms with Gasteiger partial charge in [-0.1, -0.05) is 20.8 Å². The summed E-state index contributed by atoms with van der Waals surface area (Å²) < 4.78 is 3.37. The molecule has 3 rings (SSSR count). The first-order valence-corrected chi connectivity index (χ1v) is 8.89. The van der Waals surface area contributed by atoms with Crippen LogP contribution >= 0.6 is 15.9 Å². The third kappa shape index (κ3) is 3.24. The Bertz CT molecular complexity index is 934. The van der Waals surface area contributed by atoms with Crippen LogP contribution in [0.15, 0.2) is 14.4 Å². The Kier molecular flexibility index (Phi) is 4.30. The second-order valence-electron chi connectivity index (χ2n) is 7.62. The molecule has 0 aromatic carbocycles. The minimum Gasteiger partial charge on any atom is -0.349 e. The van der Waals surface area contributed by atoms with Gasteiger partial charge in [-0.15, -0.1) is 4.91 Å². The number of aromatic nitrogens is 3. The van der Waals surface area contributed by atoms with Crippen LogP contribution in [0.1, 0.15) is 49.7 Å². The number of nitroso groups, excluding NO2 is 1. The van der Waals surface area contributed by atoms with E-state index in [0.717, 1.165) is 12.8 Å². The number of nitrogens with one attached hydrogen (secondary N) is 1. The van der Waals surface area contributed by atoms with Gasteiger partial charge < -0.3 is 5.32 Å².